The van der Waals surface area contributed by atoms with Crippen LogP contribution in [0.2, 0.25) is 0 Å². The Labute approximate surface area is 119 Å². The second-order valence-corrected chi connectivity index (χ2v) is 5.39. The molecule has 20 heavy (non-hydrogen) atoms. The Balaban J connectivity index is 1.82. The lowest BCUT2D eigenvalue weighted by atomic mass is 10.0. The zero-order valence-corrected chi connectivity index (χ0v) is 11.9. The van der Waals surface area contributed by atoms with Gasteiger partial charge >= 0.3 is 0 Å². The number of piperidine rings is 1. The number of rotatable bonds is 4. The van der Waals surface area contributed by atoms with Crippen molar-refractivity contribution in [1.82, 2.24) is 19.9 Å². The average molecular weight is 271 g/mol. The van der Waals surface area contributed by atoms with Crippen molar-refractivity contribution in [3.05, 3.63) is 31.2 Å². The number of nitrogens with one attached hydrogen (secondary N) is 1. The van der Waals surface area contributed by atoms with Crippen molar-refractivity contribution in [2.75, 3.05) is 31.6 Å². The highest BCUT2D eigenvalue weighted by molar-refractivity contribution is 5.87. The molecule has 0 spiro atoms. The van der Waals surface area contributed by atoms with E-state index >= 15 is 0 Å². The Morgan fingerprint density at radius 2 is 2.45 bits per heavy atom. The highest BCUT2D eigenvalue weighted by atomic mass is 15.3. The molecule has 0 radical (unpaired) electrons. The number of anilines is 1. The van der Waals surface area contributed by atoms with Gasteiger partial charge in [-0.3, -0.25) is 4.90 Å². The minimum atomic E-state index is 0.497. The molecule has 3 heterocycles. The molecule has 1 saturated heterocycles. The summed E-state index contributed by atoms with van der Waals surface area (Å²) < 4.78 is 0. The highest BCUT2D eigenvalue weighted by Crippen LogP contribution is 2.25. The number of likely N-dealkylation sites (tertiary alicyclic amines) is 1. The molecule has 2 aromatic heterocycles. The van der Waals surface area contributed by atoms with Crippen molar-refractivity contribution < 1.29 is 0 Å². The summed E-state index contributed by atoms with van der Waals surface area (Å²) in [6.07, 6.45) is 7.97. The summed E-state index contributed by atoms with van der Waals surface area (Å²) in [5.74, 6) is 1.02. The van der Waals surface area contributed by atoms with E-state index in [4.69, 9.17) is 0 Å². The van der Waals surface area contributed by atoms with E-state index in [0.29, 0.717) is 6.04 Å². The molecule has 3 rings (SSSR count). The Kier molecular flexibility index (Phi) is 3.69. The predicted octanol–water partition coefficient (Wildman–Crippen LogP) is 2.04. The van der Waals surface area contributed by atoms with Gasteiger partial charge in [0.1, 0.15) is 17.8 Å². The van der Waals surface area contributed by atoms with Crippen LogP contribution in [-0.2, 0) is 0 Å². The monoisotopic (exact) mass is 271 g/mol. The summed E-state index contributed by atoms with van der Waals surface area (Å²) >= 11 is 0. The Morgan fingerprint density at radius 3 is 3.30 bits per heavy atom. The maximum atomic E-state index is 4.48. The fourth-order valence-electron chi connectivity index (χ4n) is 3.01. The van der Waals surface area contributed by atoms with E-state index in [9.17, 15) is 0 Å². The largest absolute Gasteiger partial charge is 0.355 e. The van der Waals surface area contributed by atoms with Gasteiger partial charge in [-0.25, -0.2) is 9.97 Å². The lowest BCUT2D eigenvalue weighted by molar-refractivity contribution is 0.225. The third-order valence-corrected chi connectivity index (χ3v) is 4.08. The molecule has 5 heteroatoms. The number of hydrogen-bond acceptors (Lipinski definition) is 4. The molecule has 1 fully saturated rings. The van der Waals surface area contributed by atoms with Gasteiger partial charge in [0.15, 0.2) is 0 Å². The van der Waals surface area contributed by atoms with E-state index < -0.39 is 0 Å². The van der Waals surface area contributed by atoms with E-state index in [2.05, 4.69) is 38.4 Å². The standard InChI is InChI=1S/C15H21N5/c1-3-8-20-9-4-5-12(10-20)19(2)15-13-6-7-16-14(13)17-11-18-15/h3,6-7,11-12H,1,4-5,8-10H2,2H3,(H,16,17,18). The van der Waals surface area contributed by atoms with Crippen LogP contribution in [0, 0.1) is 0 Å². The van der Waals surface area contributed by atoms with E-state index in [-0.39, 0.29) is 0 Å². The van der Waals surface area contributed by atoms with E-state index in [1.54, 1.807) is 6.33 Å². The zero-order chi connectivity index (χ0) is 13.9. The van der Waals surface area contributed by atoms with Gasteiger partial charge in [-0.15, -0.1) is 6.58 Å². The van der Waals surface area contributed by atoms with Crippen LogP contribution in [0.4, 0.5) is 5.82 Å². The van der Waals surface area contributed by atoms with Gasteiger partial charge in [0.2, 0.25) is 0 Å². The molecule has 1 atom stereocenters. The lowest BCUT2D eigenvalue weighted by Gasteiger charge is -2.37. The first-order valence-corrected chi connectivity index (χ1v) is 7.13. The number of H-pyrrole nitrogens is 1. The van der Waals surface area contributed by atoms with Crippen LogP contribution in [0.3, 0.4) is 0 Å². The summed E-state index contributed by atoms with van der Waals surface area (Å²) in [6.45, 7) is 7.04. The van der Waals surface area contributed by atoms with Crippen molar-refractivity contribution in [2.24, 2.45) is 0 Å². The van der Waals surface area contributed by atoms with Gasteiger partial charge < -0.3 is 9.88 Å². The molecule has 0 saturated carbocycles. The quantitative estimate of drug-likeness (QED) is 0.865. The van der Waals surface area contributed by atoms with Crippen molar-refractivity contribution in [3.63, 3.8) is 0 Å². The molecule has 0 bridgehead atoms. The van der Waals surface area contributed by atoms with Gasteiger partial charge in [0.25, 0.3) is 0 Å². The molecule has 5 nitrogen and oxygen atoms in total. The topological polar surface area (TPSA) is 48.1 Å². The first kappa shape index (κ1) is 13.1. The number of nitrogens with zero attached hydrogens (tertiary/aromatic N) is 4. The minimum absolute atomic E-state index is 0.497. The van der Waals surface area contributed by atoms with Crippen LogP contribution >= 0.6 is 0 Å². The summed E-state index contributed by atoms with van der Waals surface area (Å²) in [6, 6.07) is 2.54. The molecular weight excluding hydrogens is 250 g/mol. The molecular formula is C15H21N5. The van der Waals surface area contributed by atoms with Crippen LogP contribution in [0.5, 0.6) is 0 Å². The zero-order valence-electron chi connectivity index (χ0n) is 11.9. The summed E-state index contributed by atoms with van der Waals surface area (Å²) in [5.41, 5.74) is 0.903. The Bertz CT molecular complexity index is 591. The second-order valence-electron chi connectivity index (χ2n) is 5.39. The second kappa shape index (κ2) is 5.63. The van der Waals surface area contributed by atoms with Crippen LogP contribution in [0.25, 0.3) is 11.0 Å². The Morgan fingerprint density at radius 1 is 1.55 bits per heavy atom. The summed E-state index contributed by atoms with van der Waals surface area (Å²) in [4.78, 5) is 16.6. The summed E-state index contributed by atoms with van der Waals surface area (Å²) in [7, 11) is 2.14. The predicted molar refractivity (Wildman–Crippen MR) is 82.0 cm³/mol. The first-order chi connectivity index (χ1) is 9.79. The number of fused-ring (bicyclic) bond motifs is 1. The minimum Gasteiger partial charge on any atom is -0.355 e. The average Bonchev–Trinajstić information content (AvgIpc) is 2.95. The lowest BCUT2D eigenvalue weighted by Crippen LogP contribution is -2.46. The van der Waals surface area contributed by atoms with E-state index in [1.807, 2.05) is 18.3 Å². The van der Waals surface area contributed by atoms with Gasteiger partial charge in [-0.2, -0.15) is 0 Å². The maximum absolute atomic E-state index is 4.48. The van der Waals surface area contributed by atoms with Crippen LogP contribution in [0.1, 0.15) is 12.8 Å². The molecule has 1 unspecified atom stereocenters. The number of aromatic amines is 1. The van der Waals surface area contributed by atoms with Gasteiger partial charge in [0, 0.05) is 32.4 Å². The third-order valence-electron chi connectivity index (χ3n) is 4.08. The number of likely N-dealkylation sites (N-methyl/N-ethyl adjacent to an activating group) is 1. The van der Waals surface area contributed by atoms with Crippen molar-refractivity contribution >= 4 is 16.9 Å². The van der Waals surface area contributed by atoms with Crippen molar-refractivity contribution in [2.45, 2.75) is 18.9 Å². The normalized spacial score (nSPS) is 20.1. The van der Waals surface area contributed by atoms with E-state index in [0.717, 1.165) is 29.9 Å². The third kappa shape index (κ3) is 2.41. The fraction of sp³-hybridized carbons (Fsp3) is 0.467. The van der Waals surface area contributed by atoms with Crippen LogP contribution < -0.4 is 4.90 Å². The van der Waals surface area contributed by atoms with Crippen LogP contribution in [0.15, 0.2) is 31.2 Å². The van der Waals surface area contributed by atoms with Gasteiger partial charge in [-0.05, 0) is 25.5 Å². The van der Waals surface area contributed by atoms with Crippen LogP contribution in [-0.4, -0.2) is 52.6 Å². The van der Waals surface area contributed by atoms with Crippen molar-refractivity contribution in [3.8, 4) is 0 Å². The number of hydrogen-bond donors (Lipinski definition) is 1. The molecule has 0 aromatic carbocycles. The molecule has 106 valence electrons. The molecule has 2 aromatic rings. The van der Waals surface area contributed by atoms with E-state index in [1.165, 1.54) is 19.4 Å². The molecule has 1 aliphatic heterocycles. The van der Waals surface area contributed by atoms with Crippen molar-refractivity contribution in [1.29, 1.82) is 0 Å². The Hall–Kier alpha value is -1.88. The molecule has 0 amide bonds. The molecule has 1 aliphatic rings. The SMILES string of the molecule is C=CCN1CCCC(N(C)c2ncnc3[nH]ccc23)C1. The van der Waals surface area contributed by atoms with Gasteiger partial charge in [-0.1, -0.05) is 6.08 Å². The molecule has 1 N–H and O–H groups in total. The molecule has 0 aliphatic carbocycles. The first-order valence-electron chi connectivity index (χ1n) is 7.13. The van der Waals surface area contributed by atoms with Gasteiger partial charge in [0.05, 0.1) is 5.39 Å². The smallest absolute Gasteiger partial charge is 0.142 e. The maximum Gasteiger partial charge on any atom is 0.142 e. The number of aromatic nitrogens is 3. The highest BCUT2D eigenvalue weighted by Gasteiger charge is 2.24. The summed E-state index contributed by atoms with van der Waals surface area (Å²) in [5, 5.41) is 1.09. The fourth-order valence-corrected chi connectivity index (χ4v) is 3.01.